The van der Waals surface area contributed by atoms with Gasteiger partial charge in [-0.25, -0.2) is 4.79 Å². The predicted molar refractivity (Wildman–Crippen MR) is 205 cm³/mol. The Morgan fingerprint density at radius 1 is 1.00 bits per heavy atom. The first-order valence-corrected chi connectivity index (χ1v) is 18.1. The summed E-state index contributed by atoms with van der Waals surface area (Å²) in [4.78, 5) is 66.2. The van der Waals surface area contributed by atoms with Crippen molar-refractivity contribution in [3.63, 3.8) is 0 Å². The van der Waals surface area contributed by atoms with Gasteiger partial charge in [0.15, 0.2) is 11.9 Å². The average molecular weight is 745 g/mol. The number of carbonyl (C=O) groups is 4. The average Bonchev–Trinajstić information content (AvgIpc) is 3.10. The van der Waals surface area contributed by atoms with Gasteiger partial charge >= 0.3 is 5.97 Å². The Balaban J connectivity index is 0. The fourth-order valence-corrected chi connectivity index (χ4v) is 4.39. The van der Waals surface area contributed by atoms with Gasteiger partial charge in [0.2, 0.25) is 23.5 Å². The zero-order valence-corrected chi connectivity index (χ0v) is 33.0. The van der Waals surface area contributed by atoms with E-state index in [-0.39, 0.29) is 37.0 Å². The van der Waals surface area contributed by atoms with Gasteiger partial charge in [0.1, 0.15) is 17.8 Å². The number of nitrogens with zero attached hydrogens (tertiary/aromatic N) is 1. The number of amides is 3. The van der Waals surface area contributed by atoms with E-state index >= 15 is 0 Å². The van der Waals surface area contributed by atoms with E-state index < -0.39 is 35.9 Å². The maximum Gasteiger partial charge on any atom is 0.325 e. The van der Waals surface area contributed by atoms with Crippen LogP contribution < -0.4 is 37.8 Å². The Morgan fingerprint density at radius 3 is 2.24 bits per heavy atom. The van der Waals surface area contributed by atoms with E-state index in [9.17, 15) is 24.0 Å². The van der Waals surface area contributed by atoms with Crippen molar-refractivity contribution in [2.45, 2.75) is 117 Å². The van der Waals surface area contributed by atoms with Gasteiger partial charge in [-0.15, -0.1) is 0 Å². The summed E-state index contributed by atoms with van der Waals surface area (Å²) >= 11 is 0. The van der Waals surface area contributed by atoms with Crippen LogP contribution >= 0.6 is 18.9 Å². The number of nitrogens with two attached hydrogens (primary N) is 2. The first kappa shape index (κ1) is 48.6. The summed E-state index contributed by atoms with van der Waals surface area (Å²) in [7, 11) is 4.11. The fourth-order valence-electron chi connectivity index (χ4n) is 4.13. The molecule has 5 atom stereocenters. The van der Waals surface area contributed by atoms with Crippen molar-refractivity contribution in [1.82, 2.24) is 26.4 Å². The van der Waals surface area contributed by atoms with Crippen molar-refractivity contribution in [1.29, 1.82) is 0 Å². The van der Waals surface area contributed by atoms with Gasteiger partial charge in [-0.2, -0.15) is 0 Å². The Labute approximate surface area is 303 Å². The number of unbranched alkanes of at least 4 members (excludes halogenated alkanes) is 1. The highest BCUT2D eigenvalue weighted by Crippen LogP contribution is 2.17. The molecule has 50 heavy (non-hydrogen) atoms. The fraction of sp³-hybridized carbons (Fsp3) is 0.667. The van der Waals surface area contributed by atoms with Crippen molar-refractivity contribution >= 4 is 54.4 Å². The predicted octanol–water partition coefficient (Wildman–Crippen LogP) is 2.38. The molecular weight excluding hydrogens is 682 g/mol. The molecule has 0 bridgehead atoms. The molecule has 0 saturated carbocycles. The minimum Gasteiger partial charge on any atom is -0.453 e. The van der Waals surface area contributed by atoms with Gasteiger partial charge in [0.05, 0.1) is 22.1 Å². The summed E-state index contributed by atoms with van der Waals surface area (Å²) in [6.45, 7) is 15.8. The molecule has 0 radical (unpaired) electrons. The highest BCUT2D eigenvalue weighted by molar-refractivity contribution is 7.15. The third-order valence-corrected chi connectivity index (χ3v) is 7.27. The molecule has 0 rings (SSSR count). The van der Waals surface area contributed by atoms with Gasteiger partial charge in [-0.1, -0.05) is 41.2 Å². The highest BCUT2D eigenvalue weighted by atomic mass is 31.0. The SMILES string of the molecule is C=C(C)N[C@@H](CCCN=C(N)NP)C(=O)NCC(=O)NC(CCC(=O)NCCCCC(N)C(=O)OP)C(=C=O)O/C(=C/CC(C)C)CC.CC. The van der Waals surface area contributed by atoms with Gasteiger partial charge < -0.3 is 47.1 Å². The minimum atomic E-state index is -0.986. The summed E-state index contributed by atoms with van der Waals surface area (Å²) in [6.07, 6.45) is 5.63. The van der Waals surface area contributed by atoms with E-state index in [4.69, 9.17) is 16.2 Å². The summed E-state index contributed by atoms with van der Waals surface area (Å²) in [5, 5.41) is 13.7. The molecule has 9 N–H and O–H groups in total. The number of ether oxygens (including phenoxy) is 1. The van der Waals surface area contributed by atoms with Crippen LogP contribution in [0.1, 0.15) is 99.3 Å². The second kappa shape index (κ2) is 30.3. The summed E-state index contributed by atoms with van der Waals surface area (Å²) in [6, 6.07) is -2.39. The summed E-state index contributed by atoms with van der Waals surface area (Å²) < 4.78 is 10.4. The molecule has 286 valence electrons. The number of rotatable bonds is 25. The van der Waals surface area contributed by atoms with Gasteiger partial charge in [0, 0.05) is 31.6 Å². The number of nitrogens with one attached hydrogen (secondary N) is 5. The lowest BCUT2D eigenvalue weighted by Crippen LogP contribution is -2.48. The molecule has 17 heteroatoms. The van der Waals surface area contributed by atoms with Crippen LogP contribution in [-0.2, 0) is 33.2 Å². The zero-order chi connectivity index (χ0) is 38.5. The summed E-state index contributed by atoms with van der Waals surface area (Å²) in [5.41, 5.74) is 11.9. The quantitative estimate of drug-likeness (QED) is 0.0179. The summed E-state index contributed by atoms with van der Waals surface area (Å²) in [5.74, 6) is 0.921. The molecule has 0 aliphatic heterocycles. The van der Waals surface area contributed by atoms with E-state index in [2.05, 4.69) is 51.8 Å². The van der Waals surface area contributed by atoms with E-state index in [0.29, 0.717) is 69.0 Å². The standard InChI is InChI=1S/C31H56N8O7P2.C2H6/c1-6-22(13-12-20(2)3)45-26(19-40)24(14-15-27(41)34-16-8-7-10-23(32)30(44)46-48)38-28(42)18-36-29(43)25(37-21(4)5)11-9-17-35-31(33)39-47;1-2/h13,20,23-25,37H,4,6-12,14-18,32,47-48H2,1-3,5H3,(H,34,41)(H,36,43)(H,38,42)(H3,33,35,39);1-2H3/b22-13+;/t23?,24?,25-;/m0./s1. The molecule has 3 amide bonds. The van der Waals surface area contributed by atoms with E-state index in [1.807, 2.05) is 50.2 Å². The van der Waals surface area contributed by atoms with Crippen LogP contribution in [0, 0.1) is 5.92 Å². The van der Waals surface area contributed by atoms with E-state index in [0.717, 1.165) is 6.42 Å². The lowest BCUT2D eigenvalue weighted by Gasteiger charge is -2.22. The van der Waals surface area contributed by atoms with Crippen LogP contribution in [0.2, 0.25) is 0 Å². The lowest BCUT2D eigenvalue weighted by molar-refractivity contribution is -0.135. The number of hydrogen-bond acceptors (Lipinski definition) is 10. The number of hydrogen-bond donors (Lipinski definition) is 7. The molecule has 0 fully saturated rings. The maximum absolute atomic E-state index is 13.0. The monoisotopic (exact) mass is 744 g/mol. The molecular formula is C33H62N8O7P2. The largest absolute Gasteiger partial charge is 0.453 e. The van der Waals surface area contributed by atoms with Crippen molar-refractivity contribution in [3.05, 3.63) is 29.9 Å². The topological polar surface area (TPSA) is 228 Å². The Hall–Kier alpha value is -3.50. The third-order valence-electron chi connectivity index (χ3n) is 6.74. The van der Waals surface area contributed by atoms with Crippen LogP contribution in [0.15, 0.2) is 34.9 Å². The molecule has 0 aliphatic carbocycles. The molecule has 0 saturated heterocycles. The third kappa shape index (κ3) is 24.6. The Bertz CT molecular complexity index is 1160. The van der Waals surface area contributed by atoms with Gasteiger partial charge in [-0.05, 0) is 73.3 Å². The Morgan fingerprint density at radius 2 is 1.68 bits per heavy atom. The van der Waals surface area contributed by atoms with Crippen LogP contribution in [0.3, 0.4) is 0 Å². The van der Waals surface area contributed by atoms with Crippen molar-refractivity contribution < 1.29 is 33.2 Å². The van der Waals surface area contributed by atoms with Crippen LogP contribution in [0.5, 0.6) is 0 Å². The van der Waals surface area contributed by atoms with Crippen molar-refractivity contribution in [2.24, 2.45) is 22.4 Å². The smallest absolute Gasteiger partial charge is 0.325 e. The molecule has 0 heterocycles. The van der Waals surface area contributed by atoms with Crippen molar-refractivity contribution in [2.75, 3.05) is 19.6 Å². The highest BCUT2D eigenvalue weighted by Gasteiger charge is 2.24. The van der Waals surface area contributed by atoms with Crippen LogP contribution in [0.4, 0.5) is 0 Å². The zero-order valence-electron chi connectivity index (χ0n) is 30.7. The van der Waals surface area contributed by atoms with Crippen molar-refractivity contribution in [3.8, 4) is 0 Å². The van der Waals surface area contributed by atoms with Gasteiger partial charge in [0.25, 0.3) is 0 Å². The number of allylic oxidation sites excluding steroid dienone is 3. The molecule has 0 aromatic rings. The maximum atomic E-state index is 13.0. The molecule has 0 aromatic heterocycles. The van der Waals surface area contributed by atoms with Crippen LogP contribution in [0.25, 0.3) is 0 Å². The molecule has 15 nitrogen and oxygen atoms in total. The van der Waals surface area contributed by atoms with E-state index in [1.54, 1.807) is 12.9 Å². The molecule has 0 aromatic carbocycles. The first-order valence-electron chi connectivity index (χ1n) is 17.1. The molecule has 0 spiro atoms. The Kier molecular flexibility index (Phi) is 29.5. The second-order valence-electron chi connectivity index (χ2n) is 11.5. The molecule has 4 unspecified atom stereocenters. The first-order chi connectivity index (χ1) is 23.8. The van der Waals surface area contributed by atoms with Crippen LogP contribution in [-0.4, -0.2) is 73.4 Å². The molecule has 0 aliphatic rings. The lowest BCUT2D eigenvalue weighted by atomic mass is 10.1. The number of aliphatic imine (C=N–C) groups is 1. The van der Waals surface area contributed by atoms with E-state index in [1.165, 1.54) is 0 Å². The normalized spacial score (nSPS) is 12.9. The second-order valence-corrected chi connectivity index (χ2v) is 12.0. The number of carbonyl (C=O) groups excluding carboxylic acids is 5. The van der Waals surface area contributed by atoms with Gasteiger partial charge in [-0.3, -0.25) is 24.2 Å². The number of guanidine groups is 1. The minimum absolute atomic E-state index is 0.0360.